The van der Waals surface area contributed by atoms with Crippen molar-refractivity contribution in [3.05, 3.63) is 29.6 Å². The van der Waals surface area contributed by atoms with Crippen LogP contribution in [-0.2, 0) is 6.54 Å². The van der Waals surface area contributed by atoms with Crippen molar-refractivity contribution in [3.8, 4) is 0 Å². The van der Waals surface area contributed by atoms with Gasteiger partial charge in [-0.05, 0) is 50.6 Å². The van der Waals surface area contributed by atoms with Crippen molar-refractivity contribution < 1.29 is 4.39 Å². The minimum atomic E-state index is -0.0864. The molecule has 0 radical (unpaired) electrons. The number of hydrogen-bond acceptors (Lipinski definition) is 3. The van der Waals surface area contributed by atoms with Gasteiger partial charge in [-0.2, -0.15) is 0 Å². The SMILES string of the molecule is CC1CN(c2ccc(CNC3CC3)cc2F)CC1N(C)C. The summed E-state index contributed by atoms with van der Waals surface area (Å²) in [6.07, 6.45) is 2.52. The second-order valence-corrected chi connectivity index (χ2v) is 6.85. The fourth-order valence-corrected chi connectivity index (χ4v) is 3.29. The number of nitrogens with one attached hydrogen (secondary N) is 1. The molecule has 21 heavy (non-hydrogen) atoms. The standard InChI is InChI=1S/C17H26FN3/c1-12-10-21(11-17(12)20(2)3)16-7-4-13(8-15(16)18)9-19-14-5-6-14/h4,7-8,12,14,17,19H,5-6,9-11H2,1-3H3. The monoisotopic (exact) mass is 291 g/mol. The van der Waals surface area contributed by atoms with Crippen LogP contribution >= 0.6 is 0 Å². The molecule has 1 aromatic rings. The van der Waals surface area contributed by atoms with Crippen LogP contribution in [0.4, 0.5) is 10.1 Å². The first-order chi connectivity index (χ1) is 10.0. The van der Waals surface area contributed by atoms with Crippen molar-refractivity contribution in [2.24, 2.45) is 5.92 Å². The van der Waals surface area contributed by atoms with E-state index in [0.717, 1.165) is 30.9 Å². The maximum absolute atomic E-state index is 14.4. The Hall–Kier alpha value is -1.13. The van der Waals surface area contributed by atoms with Gasteiger partial charge in [0.2, 0.25) is 0 Å². The van der Waals surface area contributed by atoms with Gasteiger partial charge in [-0.3, -0.25) is 0 Å². The van der Waals surface area contributed by atoms with Gasteiger partial charge >= 0.3 is 0 Å². The molecule has 0 bridgehead atoms. The molecule has 1 aliphatic heterocycles. The molecule has 2 unspecified atom stereocenters. The van der Waals surface area contributed by atoms with E-state index in [1.807, 2.05) is 6.07 Å². The first-order valence-corrected chi connectivity index (χ1v) is 7.98. The second-order valence-electron chi connectivity index (χ2n) is 6.85. The first-order valence-electron chi connectivity index (χ1n) is 7.98. The van der Waals surface area contributed by atoms with E-state index in [-0.39, 0.29) is 5.82 Å². The molecule has 1 saturated carbocycles. The van der Waals surface area contributed by atoms with E-state index in [4.69, 9.17) is 0 Å². The molecule has 1 heterocycles. The van der Waals surface area contributed by atoms with Crippen molar-refractivity contribution in [1.29, 1.82) is 0 Å². The van der Waals surface area contributed by atoms with Gasteiger partial charge in [0.15, 0.2) is 0 Å². The van der Waals surface area contributed by atoms with E-state index in [1.54, 1.807) is 6.07 Å². The summed E-state index contributed by atoms with van der Waals surface area (Å²) in [6.45, 7) is 4.86. The zero-order chi connectivity index (χ0) is 15.0. The smallest absolute Gasteiger partial charge is 0.146 e. The van der Waals surface area contributed by atoms with Crippen LogP contribution in [0, 0.1) is 11.7 Å². The Bertz CT molecular complexity index is 499. The van der Waals surface area contributed by atoms with Gasteiger partial charge in [0.05, 0.1) is 5.69 Å². The van der Waals surface area contributed by atoms with E-state index < -0.39 is 0 Å². The fourth-order valence-electron chi connectivity index (χ4n) is 3.29. The van der Waals surface area contributed by atoms with Crippen LogP contribution in [0.2, 0.25) is 0 Å². The third-order valence-electron chi connectivity index (χ3n) is 4.76. The average molecular weight is 291 g/mol. The van der Waals surface area contributed by atoms with Gasteiger partial charge in [-0.15, -0.1) is 0 Å². The van der Waals surface area contributed by atoms with E-state index in [9.17, 15) is 4.39 Å². The molecule has 116 valence electrons. The van der Waals surface area contributed by atoms with Crippen LogP contribution in [0.15, 0.2) is 18.2 Å². The van der Waals surface area contributed by atoms with Gasteiger partial charge in [-0.1, -0.05) is 13.0 Å². The second kappa shape index (κ2) is 5.93. The van der Waals surface area contributed by atoms with Gasteiger partial charge in [0.1, 0.15) is 5.82 Å². The molecule has 2 atom stereocenters. The van der Waals surface area contributed by atoms with Crippen LogP contribution in [0.25, 0.3) is 0 Å². The molecule has 2 aliphatic rings. The molecule has 0 spiro atoms. The zero-order valence-corrected chi connectivity index (χ0v) is 13.3. The van der Waals surface area contributed by atoms with Gasteiger partial charge in [0.25, 0.3) is 0 Å². The molecule has 4 heteroatoms. The Balaban J connectivity index is 1.67. The number of benzene rings is 1. The lowest BCUT2D eigenvalue weighted by Gasteiger charge is -2.23. The highest BCUT2D eigenvalue weighted by atomic mass is 19.1. The lowest BCUT2D eigenvalue weighted by atomic mass is 10.1. The van der Waals surface area contributed by atoms with Crippen LogP contribution in [-0.4, -0.2) is 44.2 Å². The van der Waals surface area contributed by atoms with Crippen LogP contribution < -0.4 is 10.2 Å². The molecular weight excluding hydrogens is 265 g/mol. The summed E-state index contributed by atoms with van der Waals surface area (Å²) in [6, 6.07) is 6.86. The van der Waals surface area contributed by atoms with E-state index in [1.165, 1.54) is 12.8 Å². The molecule has 1 saturated heterocycles. The maximum Gasteiger partial charge on any atom is 0.146 e. The molecular formula is C17H26FN3. The maximum atomic E-state index is 14.4. The Kier molecular flexibility index (Phi) is 4.18. The summed E-state index contributed by atoms with van der Waals surface area (Å²) >= 11 is 0. The predicted octanol–water partition coefficient (Wildman–Crippen LogP) is 2.46. The van der Waals surface area contributed by atoms with Gasteiger partial charge in [0, 0.05) is 31.7 Å². The fraction of sp³-hybridized carbons (Fsp3) is 0.647. The van der Waals surface area contributed by atoms with Gasteiger partial charge in [-0.25, -0.2) is 4.39 Å². The highest BCUT2D eigenvalue weighted by Gasteiger charge is 2.32. The third kappa shape index (κ3) is 3.38. The van der Waals surface area contributed by atoms with E-state index in [0.29, 0.717) is 18.0 Å². The molecule has 1 aromatic carbocycles. The van der Waals surface area contributed by atoms with Crippen molar-refractivity contribution in [2.45, 2.75) is 38.4 Å². The highest BCUT2D eigenvalue weighted by molar-refractivity contribution is 5.50. The molecule has 1 N–H and O–H groups in total. The summed E-state index contributed by atoms with van der Waals surface area (Å²) in [4.78, 5) is 4.43. The van der Waals surface area contributed by atoms with Crippen LogP contribution in [0.3, 0.4) is 0 Å². The third-order valence-corrected chi connectivity index (χ3v) is 4.76. The minimum absolute atomic E-state index is 0.0864. The number of hydrogen-bond donors (Lipinski definition) is 1. The Labute approximate surface area is 127 Å². The largest absolute Gasteiger partial charge is 0.367 e. The van der Waals surface area contributed by atoms with Crippen molar-refractivity contribution >= 4 is 5.69 Å². The summed E-state index contributed by atoms with van der Waals surface area (Å²) in [5.41, 5.74) is 1.79. The molecule has 3 rings (SSSR count). The van der Waals surface area contributed by atoms with E-state index in [2.05, 4.69) is 42.2 Å². The lowest BCUT2D eigenvalue weighted by molar-refractivity contribution is 0.266. The van der Waals surface area contributed by atoms with Crippen LogP contribution in [0.5, 0.6) is 0 Å². The van der Waals surface area contributed by atoms with E-state index >= 15 is 0 Å². The first kappa shape index (κ1) is 14.8. The topological polar surface area (TPSA) is 18.5 Å². The predicted molar refractivity (Wildman–Crippen MR) is 85.1 cm³/mol. The molecule has 1 aliphatic carbocycles. The normalized spacial score (nSPS) is 25.9. The van der Waals surface area contributed by atoms with Crippen molar-refractivity contribution in [3.63, 3.8) is 0 Å². The number of likely N-dealkylation sites (N-methyl/N-ethyl adjacent to an activating group) is 1. The number of halogens is 1. The van der Waals surface area contributed by atoms with Gasteiger partial charge < -0.3 is 15.1 Å². The molecule has 0 aromatic heterocycles. The number of anilines is 1. The lowest BCUT2D eigenvalue weighted by Crippen LogP contribution is -2.34. The zero-order valence-electron chi connectivity index (χ0n) is 13.3. The van der Waals surface area contributed by atoms with Crippen LogP contribution in [0.1, 0.15) is 25.3 Å². The highest BCUT2D eigenvalue weighted by Crippen LogP contribution is 2.29. The molecule has 0 amide bonds. The summed E-state index contributed by atoms with van der Waals surface area (Å²) in [5, 5.41) is 3.43. The number of nitrogens with zero attached hydrogens (tertiary/aromatic N) is 2. The average Bonchev–Trinajstić information content (AvgIpc) is 3.18. The summed E-state index contributed by atoms with van der Waals surface area (Å²) < 4.78 is 14.4. The Morgan fingerprint density at radius 1 is 1.29 bits per heavy atom. The van der Waals surface area contributed by atoms with Crippen molar-refractivity contribution in [2.75, 3.05) is 32.1 Å². The Morgan fingerprint density at radius 2 is 2.05 bits per heavy atom. The minimum Gasteiger partial charge on any atom is -0.367 e. The molecule has 2 fully saturated rings. The summed E-state index contributed by atoms with van der Waals surface area (Å²) in [7, 11) is 4.21. The Morgan fingerprint density at radius 3 is 2.62 bits per heavy atom. The van der Waals surface area contributed by atoms with Crippen molar-refractivity contribution in [1.82, 2.24) is 10.2 Å². The quantitative estimate of drug-likeness (QED) is 0.899. The number of rotatable bonds is 5. The molecule has 3 nitrogen and oxygen atoms in total. The summed E-state index contributed by atoms with van der Waals surface area (Å²) in [5.74, 6) is 0.479.